The number of nitrogens with zero attached hydrogens (tertiary/aromatic N) is 3. The normalized spacial score (nSPS) is 11.8. The number of aromatic nitrogens is 3. The van der Waals surface area contributed by atoms with Crippen molar-refractivity contribution in [2.75, 3.05) is 5.75 Å². The van der Waals surface area contributed by atoms with Crippen molar-refractivity contribution < 1.29 is 9.90 Å². The third-order valence-electron chi connectivity index (χ3n) is 2.25. The number of rotatable bonds is 5. The fraction of sp³-hybridized carbons (Fsp3) is 0.500. The average Bonchev–Trinajstić information content (AvgIpc) is 2.55. The molecule has 0 fully saturated rings. The van der Waals surface area contributed by atoms with Gasteiger partial charge in [-0.3, -0.25) is 0 Å². The van der Waals surface area contributed by atoms with Gasteiger partial charge in [-0.2, -0.15) is 0 Å². The predicted octanol–water partition coefficient (Wildman–Crippen LogP) is 1.64. The van der Waals surface area contributed by atoms with Gasteiger partial charge in [0.05, 0.1) is 0 Å². The first-order chi connectivity index (χ1) is 7.56. The van der Waals surface area contributed by atoms with Gasteiger partial charge in [0, 0.05) is 18.4 Å². The number of thioether (sulfide) groups is 1. The van der Waals surface area contributed by atoms with Gasteiger partial charge in [0.25, 0.3) is 0 Å². The smallest absolute Gasteiger partial charge is 0.331 e. The number of carboxylic acid groups (broad SMARTS) is 1. The second-order valence-corrected chi connectivity index (χ2v) is 4.28. The van der Waals surface area contributed by atoms with Crippen molar-refractivity contribution in [3.05, 3.63) is 17.5 Å². The molecule has 0 aliphatic carbocycles. The predicted molar refractivity (Wildman–Crippen MR) is 62.5 cm³/mol. The van der Waals surface area contributed by atoms with Crippen molar-refractivity contribution in [1.29, 1.82) is 0 Å². The van der Waals surface area contributed by atoms with Crippen LogP contribution in [0.2, 0.25) is 0 Å². The molecule has 1 rings (SSSR count). The van der Waals surface area contributed by atoms with Gasteiger partial charge in [-0.1, -0.05) is 24.8 Å². The van der Waals surface area contributed by atoms with Crippen molar-refractivity contribution in [2.45, 2.75) is 25.4 Å². The van der Waals surface area contributed by atoms with E-state index in [0.29, 0.717) is 17.7 Å². The molecule has 1 aromatic heterocycles. The zero-order valence-corrected chi connectivity index (χ0v) is 10.4. The van der Waals surface area contributed by atoms with E-state index in [-0.39, 0.29) is 0 Å². The van der Waals surface area contributed by atoms with E-state index in [1.165, 1.54) is 11.8 Å². The molecule has 1 heterocycles. The van der Waals surface area contributed by atoms with E-state index in [9.17, 15) is 4.79 Å². The standard InChI is InChI=1S/C10H15N3O2S/c1-4-8(9(14)15)5-6-16-10-12-11-7(2)13(10)3/h5H,4,6H2,1-3H3,(H,14,15). The Morgan fingerprint density at radius 3 is 2.69 bits per heavy atom. The van der Waals surface area contributed by atoms with E-state index >= 15 is 0 Å². The summed E-state index contributed by atoms with van der Waals surface area (Å²) in [6, 6.07) is 0. The molecule has 1 N–H and O–H groups in total. The summed E-state index contributed by atoms with van der Waals surface area (Å²) < 4.78 is 1.88. The molecule has 1 aromatic rings. The Balaban J connectivity index is 2.58. The molecule has 0 amide bonds. The van der Waals surface area contributed by atoms with Crippen molar-refractivity contribution in [3.8, 4) is 0 Å². The molecule has 0 aliphatic rings. The van der Waals surface area contributed by atoms with Gasteiger partial charge in [0.15, 0.2) is 5.16 Å². The van der Waals surface area contributed by atoms with Crippen LogP contribution in [0.3, 0.4) is 0 Å². The van der Waals surface area contributed by atoms with Crippen molar-refractivity contribution in [1.82, 2.24) is 14.8 Å². The monoisotopic (exact) mass is 241 g/mol. The minimum absolute atomic E-state index is 0.436. The molecule has 16 heavy (non-hydrogen) atoms. The first kappa shape index (κ1) is 12.8. The van der Waals surface area contributed by atoms with Crippen molar-refractivity contribution in [3.63, 3.8) is 0 Å². The molecule has 0 aliphatic heterocycles. The number of aryl methyl sites for hydroxylation is 1. The fourth-order valence-corrected chi connectivity index (χ4v) is 1.97. The van der Waals surface area contributed by atoms with Gasteiger partial charge in [-0.25, -0.2) is 4.79 Å². The summed E-state index contributed by atoms with van der Waals surface area (Å²) in [5.41, 5.74) is 0.436. The first-order valence-corrected chi connectivity index (χ1v) is 5.96. The summed E-state index contributed by atoms with van der Waals surface area (Å²) in [5.74, 6) is 0.597. The highest BCUT2D eigenvalue weighted by molar-refractivity contribution is 7.99. The number of carbonyl (C=O) groups is 1. The molecular weight excluding hydrogens is 226 g/mol. The molecule has 5 nitrogen and oxygen atoms in total. The lowest BCUT2D eigenvalue weighted by molar-refractivity contribution is -0.132. The number of aliphatic carboxylic acids is 1. The maximum absolute atomic E-state index is 10.7. The number of hydrogen-bond acceptors (Lipinski definition) is 4. The van der Waals surface area contributed by atoms with E-state index < -0.39 is 5.97 Å². The minimum Gasteiger partial charge on any atom is -0.478 e. The lowest BCUT2D eigenvalue weighted by Gasteiger charge is -2.00. The molecule has 88 valence electrons. The van der Waals surface area contributed by atoms with Crippen molar-refractivity contribution >= 4 is 17.7 Å². The van der Waals surface area contributed by atoms with Gasteiger partial charge >= 0.3 is 5.97 Å². The van der Waals surface area contributed by atoms with E-state index in [1.54, 1.807) is 6.08 Å². The summed E-state index contributed by atoms with van der Waals surface area (Å²) in [6.07, 6.45) is 2.25. The highest BCUT2D eigenvalue weighted by Gasteiger charge is 2.06. The van der Waals surface area contributed by atoms with Gasteiger partial charge in [0.1, 0.15) is 5.82 Å². The van der Waals surface area contributed by atoms with Crippen LogP contribution >= 0.6 is 11.8 Å². The van der Waals surface area contributed by atoms with E-state index in [4.69, 9.17) is 5.11 Å². The Hall–Kier alpha value is -1.30. The van der Waals surface area contributed by atoms with Crippen LogP contribution in [0.1, 0.15) is 19.2 Å². The van der Waals surface area contributed by atoms with E-state index in [1.807, 2.05) is 25.5 Å². The molecule has 0 spiro atoms. The second-order valence-electron chi connectivity index (χ2n) is 3.29. The van der Waals surface area contributed by atoms with E-state index in [2.05, 4.69) is 10.2 Å². The highest BCUT2D eigenvalue weighted by Crippen LogP contribution is 2.16. The summed E-state index contributed by atoms with van der Waals surface area (Å²) >= 11 is 1.48. The topological polar surface area (TPSA) is 68.0 Å². The zero-order chi connectivity index (χ0) is 12.1. The van der Waals surface area contributed by atoms with E-state index in [0.717, 1.165) is 11.0 Å². The zero-order valence-electron chi connectivity index (χ0n) is 9.60. The fourth-order valence-electron chi connectivity index (χ4n) is 1.11. The highest BCUT2D eigenvalue weighted by atomic mass is 32.2. The van der Waals surface area contributed by atoms with Gasteiger partial charge in [-0.15, -0.1) is 10.2 Å². The summed E-state index contributed by atoms with van der Waals surface area (Å²) in [7, 11) is 1.89. The Morgan fingerprint density at radius 1 is 1.56 bits per heavy atom. The Bertz CT molecular complexity index is 412. The SMILES string of the molecule is CCC(=CCSc1nnc(C)n1C)C(=O)O. The molecule has 0 atom stereocenters. The Kier molecular flexibility index (Phi) is 4.54. The summed E-state index contributed by atoms with van der Waals surface area (Å²) in [4.78, 5) is 10.7. The van der Waals surface area contributed by atoms with Crippen LogP contribution in [0, 0.1) is 6.92 Å². The molecule has 0 radical (unpaired) electrons. The Morgan fingerprint density at radius 2 is 2.25 bits per heavy atom. The third kappa shape index (κ3) is 3.10. The van der Waals surface area contributed by atoms with Crippen LogP contribution in [0.5, 0.6) is 0 Å². The quantitative estimate of drug-likeness (QED) is 0.627. The van der Waals surface area contributed by atoms with Crippen LogP contribution in [0.4, 0.5) is 0 Å². The Labute approximate surface area is 98.6 Å². The lowest BCUT2D eigenvalue weighted by Crippen LogP contribution is -2.00. The first-order valence-electron chi connectivity index (χ1n) is 4.97. The maximum atomic E-state index is 10.7. The largest absolute Gasteiger partial charge is 0.478 e. The average molecular weight is 241 g/mol. The molecule has 0 bridgehead atoms. The van der Waals surface area contributed by atoms with Crippen LogP contribution in [0.25, 0.3) is 0 Å². The van der Waals surface area contributed by atoms with Crippen LogP contribution in [0.15, 0.2) is 16.8 Å². The molecule has 0 unspecified atom stereocenters. The van der Waals surface area contributed by atoms with Gasteiger partial charge in [-0.05, 0) is 13.3 Å². The summed E-state index contributed by atoms with van der Waals surface area (Å²) in [5, 5.41) is 17.5. The maximum Gasteiger partial charge on any atom is 0.331 e. The van der Waals surface area contributed by atoms with Gasteiger partial charge < -0.3 is 9.67 Å². The number of carboxylic acids is 1. The molecule has 0 saturated carbocycles. The van der Waals surface area contributed by atoms with Crippen LogP contribution in [-0.4, -0.2) is 31.6 Å². The van der Waals surface area contributed by atoms with Crippen LogP contribution in [-0.2, 0) is 11.8 Å². The summed E-state index contributed by atoms with van der Waals surface area (Å²) in [6.45, 7) is 3.71. The third-order valence-corrected chi connectivity index (χ3v) is 3.20. The second kappa shape index (κ2) is 5.69. The molecular formula is C10H15N3O2S. The molecule has 6 heteroatoms. The van der Waals surface area contributed by atoms with Crippen LogP contribution < -0.4 is 0 Å². The molecule has 0 aromatic carbocycles. The minimum atomic E-state index is -0.850. The van der Waals surface area contributed by atoms with Gasteiger partial charge in [0.2, 0.25) is 0 Å². The van der Waals surface area contributed by atoms with Crippen molar-refractivity contribution in [2.24, 2.45) is 7.05 Å². The number of hydrogen-bond donors (Lipinski definition) is 1. The lowest BCUT2D eigenvalue weighted by atomic mass is 10.2. The molecule has 0 saturated heterocycles.